The summed E-state index contributed by atoms with van der Waals surface area (Å²) >= 11 is 0. The Morgan fingerprint density at radius 3 is 1.22 bits per heavy atom. The quantitative estimate of drug-likeness (QED) is 0.507. The molecule has 0 aromatic heterocycles. The molecule has 0 spiro atoms. The summed E-state index contributed by atoms with van der Waals surface area (Å²) in [5, 5.41) is 0. The summed E-state index contributed by atoms with van der Waals surface area (Å²) in [7, 11) is 0. The summed E-state index contributed by atoms with van der Waals surface area (Å²) < 4.78 is 9.64. The van der Waals surface area contributed by atoms with Crippen LogP contribution in [0.2, 0.25) is 0 Å². The molecule has 0 fully saturated rings. The average molecular weight is 414 g/mol. The second kappa shape index (κ2) is 72.8. The summed E-state index contributed by atoms with van der Waals surface area (Å²) in [6, 6.07) is 0. The molecule has 0 aliphatic heterocycles. The van der Waals surface area contributed by atoms with Crippen LogP contribution in [0.25, 0.3) is 0 Å². The zero-order valence-corrected chi connectivity index (χ0v) is 18.1. The third-order valence-electron chi connectivity index (χ3n) is 0.841. The van der Waals surface area contributed by atoms with Crippen molar-refractivity contribution in [2.24, 2.45) is 0 Å². The van der Waals surface area contributed by atoms with Gasteiger partial charge in [0.2, 0.25) is 0 Å². The zero-order valence-electron chi connectivity index (χ0n) is 10.3. The summed E-state index contributed by atoms with van der Waals surface area (Å²) in [5.41, 5.74) is 0. The van der Waals surface area contributed by atoms with Crippen molar-refractivity contribution >= 4 is 0 Å². The van der Waals surface area contributed by atoms with E-state index < -0.39 is 0 Å². The van der Waals surface area contributed by atoms with Crippen molar-refractivity contribution in [1.82, 2.24) is 0 Å². The summed E-state index contributed by atoms with van der Waals surface area (Å²) in [5.74, 6) is 0. The minimum Gasteiger partial charge on any atom is -0.414 e. The van der Waals surface area contributed by atoms with Crippen molar-refractivity contribution in [2.45, 2.75) is 50.0 Å². The second-order valence-corrected chi connectivity index (χ2v) is 1.75. The molecule has 0 unspecified atom stereocenters. The van der Waals surface area contributed by atoms with E-state index in [1.807, 2.05) is 13.8 Å². The standard InChI is InChI=1S/C5H11O.C4H9O.4CH4.CH3.Rb.Y/c1-3-5-6-4-2;1-3-5-4-2;;;;;;;/h1,3-5H2,2H3;1,3-4H2,2H3;4*1H4;1H3;;/q2*-1;;;;;-1;+1;. The van der Waals surface area contributed by atoms with E-state index in [2.05, 4.69) is 13.8 Å². The number of hydrogen-bond acceptors (Lipinski definition) is 2. The largest absolute Gasteiger partial charge is 1.00 e. The van der Waals surface area contributed by atoms with Gasteiger partial charge in [-0.25, -0.2) is 0 Å². The molecule has 0 saturated heterocycles. The topological polar surface area (TPSA) is 18.5 Å². The maximum atomic E-state index is 4.92. The summed E-state index contributed by atoms with van der Waals surface area (Å²) in [6.07, 6.45) is 0.883. The monoisotopic (exact) mass is 413 g/mol. The fourth-order valence-corrected chi connectivity index (χ4v) is 0.391. The van der Waals surface area contributed by atoms with Crippen molar-refractivity contribution in [3.8, 4) is 0 Å². The third kappa shape index (κ3) is 97.6. The van der Waals surface area contributed by atoms with Crippen LogP contribution in [0, 0.1) is 21.3 Å². The Hall–Kier alpha value is 2.83. The van der Waals surface area contributed by atoms with Crippen molar-refractivity contribution in [3.05, 3.63) is 21.3 Å². The number of rotatable bonds is 5. The van der Waals surface area contributed by atoms with E-state index in [1.165, 1.54) is 0 Å². The molecule has 0 atom stereocenters. The molecular weight excluding hydrogens is 375 g/mol. The van der Waals surface area contributed by atoms with Crippen LogP contribution in [-0.2, 0) is 42.2 Å². The van der Waals surface area contributed by atoms with Crippen molar-refractivity contribution in [2.75, 3.05) is 26.4 Å². The van der Waals surface area contributed by atoms with Crippen LogP contribution in [0.4, 0.5) is 0 Å². The SMILES string of the molecule is C.C.C.C.[CH2-]CCOCC.[CH2-]COCC.[CH3-].[Rb+].[Y]. The van der Waals surface area contributed by atoms with Gasteiger partial charge in [-0.15, -0.1) is 0 Å². The first kappa shape index (κ1) is 58.5. The van der Waals surface area contributed by atoms with Crippen molar-refractivity contribution in [1.29, 1.82) is 0 Å². The molecule has 0 saturated carbocycles. The van der Waals surface area contributed by atoms with Gasteiger partial charge in [-0.2, -0.15) is 6.42 Å². The van der Waals surface area contributed by atoms with Gasteiger partial charge in [-0.3, -0.25) is 0 Å². The van der Waals surface area contributed by atoms with E-state index in [-0.39, 0.29) is 128 Å². The second-order valence-electron chi connectivity index (χ2n) is 1.75. The molecular formula is C14H39O2RbY-2. The number of ether oxygens (including phenoxy) is 2. The first-order valence-electron chi connectivity index (χ1n) is 4.07. The van der Waals surface area contributed by atoms with Crippen LogP contribution in [0.3, 0.4) is 0 Å². The van der Waals surface area contributed by atoms with Crippen LogP contribution >= 0.6 is 0 Å². The molecule has 0 N–H and O–H groups in total. The van der Waals surface area contributed by atoms with Gasteiger partial charge < -0.3 is 30.7 Å². The first-order chi connectivity index (χ1) is 5.33. The smallest absolute Gasteiger partial charge is 0.414 e. The summed E-state index contributed by atoms with van der Waals surface area (Å²) in [6.45, 7) is 14.0. The molecule has 0 amide bonds. The van der Waals surface area contributed by atoms with Gasteiger partial charge >= 0.3 is 58.2 Å². The molecule has 0 aliphatic carbocycles. The minimum atomic E-state index is 0. The Kier molecular flexibility index (Phi) is 237. The molecule has 0 bridgehead atoms. The predicted octanol–water partition coefficient (Wildman–Crippen LogP) is 2.10. The molecule has 18 heavy (non-hydrogen) atoms. The zero-order chi connectivity index (χ0) is 8.95. The van der Waals surface area contributed by atoms with Gasteiger partial charge in [0.05, 0.1) is 0 Å². The first-order valence-corrected chi connectivity index (χ1v) is 4.07. The van der Waals surface area contributed by atoms with Crippen LogP contribution in [0.15, 0.2) is 0 Å². The minimum absolute atomic E-state index is 0. The Morgan fingerprint density at radius 1 is 0.833 bits per heavy atom. The third-order valence-corrected chi connectivity index (χ3v) is 0.841. The van der Waals surface area contributed by atoms with Crippen LogP contribution in [-0.4, -0.2) is 26.4 Å². The molecule has 0 aromatic carbocycles. The summed E-state index contributed by atoms with van der Waals surface area (Å²) in [4.78, 5) is 0. The Bertz CT molecular complexity index is 53.1. The maximum Gasteiger partial charge on any atom is 1.00 e. The molecule has 0 rings (SSSR count). The van der Waals surface area contributed by atoms with Gasteiger partial charge in [-0.05, 0) is 13.8 Å². The molecule has 0 aliphatic rings. The van der Waals surface area contributed by atoms with Crippen LogP contribution < -0.4 is 58.2 Å². The molecule has 2 nitrogen and oxygen atoms in total. The van der Waals surface area contributed by atoms with E-state index in [1.54, 1.807) is 0 Å². The van der Waals surface area contributed by atoms with E-state index in [4.69, 9.17) is 9.47 Å². The van der Waals surface area contributed by atoms with Crippen molar-refractivity contribution in [3.63, 3.8) is 0 Å². The van der Waals surface area contributed by atoms with Crippen LogP contribution in [0.1, 0.15) is 50.0 Å². The maximum absolute atomic E-state index is 4.92. The van der Waals surface area contributed by atoms with Crippen LogP contribution in [0.5, 0.6) is 0 Å². The van der Waals surface area contributed by atoms with Gasteiger partial charge in [0.15, 0.2) is 0 Å². The number of hydrogen-bond donors (Lipinski definition) is 0. The molecule has 0 aromatic rings. The van der Waals surface area contributed by atoms with Gasteiger partial charge in [0.25, 0.3) is 0 Å². The Labute approximate surface area is 194 Å². The van der Waals surface area contributed by atoms with E-state index in [0.29, 0.717) is 6.61 Å². The predicted molar refractivity (Wildman–Crippen MR) is 81.7 cm³/mol. The van der Waals surface area contributed by atoms with Gasteiger partial charge in [0, 0.05) is 52.5 Å². The fraction of sp³-hybridized carbons (Fsp3) is 0.786. The van der Waals surface area contributed by atoms with Gasteiger partial charge in [0.1, 0.15) is 0 Å². The van der Waals surface area contributed by atoms with E-state index in [0.717, 1.165) is 26.2 Å². The van der Waals surface area contributed by atoms with Crippen molar-refractivity contribution < 1.29 is 100 Å². The molecule has 0 heterocycles. The Morgan fingerprint density at radius 2 is 1.17 bits per heavy atom. The average Bonchev–Trinajstić information content (AvgIpc) is 2.04. The molecule has 1 radical (unpaired) electrons. The normalized spacial score (nSPS) is 5.33. The van der Waals surface area contributed by atoms with E-state index in [9.17, 15) is 0 Å². The Balaban J connectivity index is -0.00000000931. The molecule has 4 heteroatoms. The van der Waals surface area contributed by atoms with E-state index >= 15 is 0 Å². The van der Waals surface area contributed by atoms with Gasteiger partial charge in [-0.1, -0.05) is 36.3 Å². The molecule has 113 valence electrons. The fourth-order valence-electron chi connectivity index (χ4n) is 0.391.